The van der Waals surface area contributed by atoms with Gasteiger partial charge in [-0.1, -0.05) is 12.1 Å². The fraction of sp³-hybridized carbons (Fsp3) is 0.381. The van der Waals surface area contributed by atoms with E-state index in [1.165, 1.54) is 31.0 Å². The van der Waals surface area contributed by atoms with Gasteiger partial charge in [-0.15, -0.1) is 0 Å². The highest BCUT2D eigenvalue weighted by Crippen LogP contribution is 2.27. The molecule has 5 nitrogen and oxygen atoms in total. The summed E-state index contributed by atoms with van der Waals surface area (Å²) in [7, 11) is 1.65. The molecule has 1 amide bonds. The van der Waals surface area contributed by atoms with Crippen molar-refractivity contribution in [3.63, 3.8) is 0 Å². The van der Waals surface area contributed by atoms with E-state index in [9.17, 15) is 9.18 Å². The van der Waals surface area contributed by atoms with Crippen LogP contribution in [0.5, 0.6) is 11.5 Å². The first-order chi connectivity index (χ1) is 13.6. The Balaban J connectivity index is 1.58. The van der Waals surface area contributed by atoms with E-state index in [4.69, 9.17) is 9.47 Å². The molecular weight excluding hydrogens is 427 g/mol. The van der Waals surface area contributed by atoms with Crippen LogP contribution >= 0.6 is 15.9 Å². The molecule has 1 heterocycles. The zero-order valence-corrected chi connectivity index (χ0v) is 17.4. The van der Waals surface area contributed by atoms with Gasteiger partial charge < -0.3 is 14.8 Å². The van der Waals surface area contributed by atoms with Crippen molar-refractivity contribution in [2.75, 3.05) is 33.4 Å². The molecule has 0 radical (unpaired) electrons. The maximum atomic E-state index is 13.1. The van der Waals surface area contributed by atoms with E-state index in [0.717, 1.165) is 24.4 Å². The minimum atomic E-state index is -0.364. The Morgan fingerprint density at radius 3 is 2.57 bits per heavy atom. The zero-order valence-electron chi connectivity index (χ0n) is 15.8. The third-order valence-corrected chi connectivity index (χ3v) is 5.45. The summed E-state index contributed by atoms with van der Waals surface area (Å²) >= 11 is 3.23. The number of hydrogen-bond donors (Lipinski definition) is 1. The first-order valence-electron chi connectivity index (χ1n) is 9.29. The van der Waals surface area contributed by atoms with Crippen LogP contribution in [-0.4, -0.2) is 44.2 Å². The number of hydrogen-bond acceptors (Lipinski definition) is 4. The highest BCUT2D eigenvalue weighted by molar-refractivity contribution is 9.10. The molecule has 2 aromatic rings. The molecule has 1 fully saturated rings. The number of nitrogens with zero attached hydrogens (tertiary/aromatic N) is 1. The fourth-order valence-electron chi connectivity index (χ4n) is 3.33. The van der Waals surface area contributed by atoms with Crippen LogP contribution in [0.1, 0.15) is 24.4 Å². The smallest absolute Gasteiger partial charge is 0.258 e. The second-order valence-corrected chi connectivity index (χ2v) is 7.55. The molecule has 1 atom stereocenters. The average Bonchev–Trinajstić information content (AvgIpc) is 3.22. The van der Waals surface area contributed by atoms with E-state index in [1.807, 2.05) is 24.3 Å². The zero-order chi connectivity index (χ0) is 19.9. The van der Waals surface area contributed by atoms with Crippen molar-refractivity contribution < 1.29 is 18.7 Å². The van der Waals surface area contributed by atoms with Gasteiger partial charge in [-0.25, -0.2) is 4.39 Å². The van der Waals surface area contributed by atoms with E-state index in [1.54, 1.807) is 7.11 Å². The van der Waals surface area contributed by atoms with Gasteiger partial charge in [0.05, 0.1) is 17.6 Å². The number of carbonyl (C=O) groups excluding carboxylic acids is 1. The van der Waals surface area contributed by atoms with Gasteiger partial charge in [0.15, 0.2) is 6.61 Å². The molecule has 0 aromatic heterocycles. The highest BCUT2D eigenvalue weighted by atomic mass is 79.9. The molecule has 150 valence electrons. The first kappa shape index (κ1) is 20.6. The van der Waals surface area contributed by atoms with Crippen molar-refractivity contribution in [3.05, 3.63) is 58.3 Å². The van der Waals surface area contributed by atoms with Gasteiger partial charge in [0, 0.05) is 6.54 Å². The minimum absolute atomic E-state index is 0.106. The number of likely N-dealkylation sites (tertiary alicyclic amines) is 1. The minimum Gasteiger partial charge on any atom is -0.497 e. The molecule has 0 spiro atoms. The van der Waals surface area contributed by atoms with E-state index >= 15 is 0 Å². The van der Waals surface area contributed by atoms with E-state index in [0.29, 0.717) is 16.8 Å². The predicted molar refractivity (Wildman–Crippen MR) is 109 cm³/mol. The lowest BCUT2D eigenvalue weighted by molar-refractivity contribution is -0.123. The largest absolute Gasteiger partial charge is 0.497 e. The van der Waals surface area contributed by atoms with E-state index in [2.05, 4.69) is 26.1 Å². The van der Waals surface area contributed by atoms with Crippen molar-refractivity contribution in [3.8, 4) is 11.5 Å². The molecule has 0 aliphatic carbocycles. The normalized spacial score (nSPS) is 15.2. The molecule has 0 unspecified atom stereocenters. The summed E-state index contributed by atoms with van der Waals surface area (Å²) in [5.74, 6) is 0.666. The summed E-state index contributed by atoms with van der Waals surface area (Å²) < 4.78 is 24.3. The monoisotopic (exact) mass is 450 g/mol. The average molecular weight is 451 g/mol. The third-order valence-electron chi connectivity index (χ3n) is 4.83. The molecular formula is C21H24BrFN2O3. The summed E-state index contributed by atoms with van der Waals surface area (Å²) in [4.78, 5) is 14.7. The molecule has 7 heteroatoms. The SMILES string of the molecule is COc1ccc([C@@H](CNC(=O)COc2ccc(F)cc2Br)N2CCCC2)cc1. The van der Waals surface area contributed by atoms with Crippen molar-refractivity contribution in [1.82, 2.24) is 10.2 Å². The predicted octanol–water partition coefficient (Wildman–Crippen LogP) is 3.93. The summed E-state index contributed by atoms with van der Waals surface area (Å²) in [6, 6.07) is 12.2. The second kappa shape index (κ2) is 9.89. The fourth-order valence-corrected chi connectivity index (χ4v) is 3.80. The number of carbonyl (C=O) groups is 1. The Hall–Kier alpha value is -2.12. The van der Waals surface area contributed by atoms with Gasteiger partial charge >= 0.3 is 0 Å². The number of rotatable bonds is 8. The maximum absolute atomic E-state index is 13.1. The van der Waals surface area contributed by atoms with Gasteiger partial charge in [0.1, 0.15) is 17.3 Å². The van der Waals surface area contributed by atoms with Gasteiger partial charge in [0.25, 0.3) is 5.91 Å². The standard InChI is InChI=1S/C21H24BrFN2O3/c1-27-17-7-4-15(5-8-17)19(25-10-2-3-11-25)13-24-21(26)14-28-20-9-6-16(23)12-18(20)22/h4-9,12,19H,2-3,10-11,13-14H2,1H3,(H,24,26)/t19-/m1/s1. The van der Waals surface area contributed by atoms with E-state index in [-0.39, 0.29) is 24.4 Å². The van der Waals surface area contributed by atoms with Crippen molar-refractivity contribution in [1.29, 1.82) is 0 Å². The Morgan fingerprint density at radius 2 is 1.93 bits per heavy atom. The number of amides is 1. The molecule has 1 saturated heterocycles. The Labute approximate surface area is 172 Å². The van der Waals surface area contributed by atoms with Gasteiger partial charge in [-0.2, -0.15) is 0 Å². The lowest BCUT2D eigenvalue weighted by Crippen LogP contribution is -2.38. The highest BCUT2D eigenvalue weighted by Gasteiger charge is 2.24. The molecule has 2 aromatic carbocycles. The Morgan fingerprint density at radius 1 is 1.21 bits per heavy atom. The van der Waals surface area contributed by atoms with Crippen LogP contribution in [-0.2, 0) is 4.79 Å². The van der Waals surface area contributed by atoms with Crippen molar-refractivity contribution in [2.45, 2.75) is 18.9 Å². The summed E-state index contributed by atoms with van der Waals surface area (Å²) in [5, 5.41) is 2.96. The Bertz CT molecular complexity index is 795. The van der Waals surface area contributed by atoms with Crippen molar-refractivity contribution in [2.24, 2.45) is 0 Å². The molecule has 0 saturated carbocycles. The van der Waals surface area contributed by atoms with E-state index < -0.39 is 0 Å². The van der Waals surface area contributed by atoms with Gasteiger partial charge in [0.2, 0.25) is 0 Å². The molecule has 0 bridgehead atoms. The van der Waals surface area contributed by atoms with Crippen LogP contribution in [0.4, 0.5) is 4.39 Å². The summed E-state index contributed by atoms with van der Waals surface area (Å²) in [6.45, 7) is 2.41. The molecule has 1 N–H and O–H groups in total. The topological polar surface area (TPSA) is 50.8 Å². The lowest BCUT2D eigenvalue weighted by Gasteiger charge is -2.28. The second-order valence-electron chi connectivity index (χ2n) is 6.70. The van der Waals surface area contributed by atoms with Crippen LogP contribution in [0.25, 0.3) is 0 Å². The van der Waals surface area contributed by atoms with Gasteiger partial charge in [-0.3, -0.25) is 9.69 Å². The van der Waals surface area contributed by atoms with Crippen LogP contribution < -0.4 is 14.8 Å². The maximum Gasteiger partial charge on any atom is 0.258 e. The number of halogens is 2. The lowest BCUT2D eigenvalue weighted by atomic mass is 10.1. The molecule has 28 heavy (non-hydrogen) atoms. The number of benzene rings is 2. The Kier molecular flexibility index (Phi) is 7.28. The van der Waals surface area contributed by atoms with Crippen LogP contribution in [0.15, 0.2) is 46.9 Å². The summed E-state index contributed by atoms with van der Waals surface area (Å²) in [5.41, 5.74) is 1.14. The first-order valence-corrected chi connectivity index (χ1v) is 10.1. The third kappa shape index (κ3) is 5.45. The summed E-state index contributed by atoms with van der Waals surface area (Å²) in [6.07, 6.45) is 2.34. The number of methoxy groups -OCH3 is 1. The molecule has 3 rings (SSSR count). The number of ether oxygens (including phenoxy) is 2. The molecule has 1 aliphatic rings. The molecule has 1 aliphatic heterocycles. The quantitative estimate of drug-likeness (QED) is 0.661. The van der Waals surface area contributed by atoms with Crippen LogP contribution in [0, 0.1) is 5.82 Å². The van der Waals surface area contributed by atoms with Crippen LogP contribution in [0.2, 0.25) is 0 Å². The number of nitrogens with one attached hydrogen (secondary N) is 1. The van der Waals surface area contributed by atoms with Gasteiger partial charge in [-0.05, 0) is 77.8 Å². The van der Waals surface area contributed by atoms with Crippen molar-refractivity contribution >= 4 is 21.8 Å². The van der Waals surface area contributed by atoms with Crippen LogP contribution in [0.3, 0.4) is 0 Å².